The lowest BCUT2D eigenvalue weighted by atomic mass is 10.1. The van der Waals surface area contributed by atoms with Gasteiger partial charge in [0.25, 0.3) is 11.8 Å². The number of benzene rings is 2. The smallest absolute Gasteiger partial charge is 0.289 e. The molecule has 0 unspecified atom stereocenters. The summed E-state index contributed by atoms with van der Waals surface area (Å²) in [7, 11) is 4.69. The molecule has 0 aliphatic heterocycles. The number of rotatable bonds is 8. The summed E-state index contributed by atoms with van der Waals surface area (Å²) in [5.74, 6) is 0.732. The Kier molecular flexibility index (Phi) is 7.35. The maximum atomic E-state index is 13.0. The molecule has 35 heavy (non-hydrogen) atoms. The van der Waals surface area contributed by atoms with Gasteiger partial charge in [0, 0.05) is 36.8 Å². The predicted octanol–water partition coefficient (Wildman–Crippen LogP) is 5.47. The van der Waals surface area contributed by atoms with Crippen LogP contribution in [0.5, 0.6) is 11.5 Å². The topological polar surface area (TPSA) is 103 Å². The molecule has 0 atom stereocenters. The van der Waals surface area contributed by atoms with Crippen LogP contribution in [-0.4, -0.2) is 42.9 Å². The van der Waals surface area contributed by atoms with E-state index in [2.05, 4.69) is 15.2 Å². The SMILES string of the molecule is COOSc1ccc(Oc2cc(C(=O)Nc3ccc(C)cn3)cc3oc(C(=O)N(C)C)cc23)cc1. The molecule has 0 fully saturated rings. The number of carbonyl (C=O) groups is 2. The molecule has 4 aromatic rings. The van der Waals surface area contributed by atoms with E-state index in [1.807, 2.05) is 13.0 Å². The van der Waals surface area contributed by atoms with Gasteiger partial charge >= 0.3 is 0 Å². The molecule has 4 rings (SSSR count). The van der Waals surface area contributed by atoms with Crippen LogP contribution in [0.3, 0.4) is 0 Å². The molecule has 9 nitrogen and oxygen atoms in total. The fraction of sp³-hybridized carbons (Fsp3) is 0.160. The van der Waals surface area contributed by atoms with Gasteiger partial charge < -0.3 is 19.4 Å². The fourth-order valence-electron chi connectivity index (χ4n) is 3.14. The molecule has 2 amide bonds. The summed E-state index contributed by atoms with van der Waals surface area (Å²) in [6.07, 6.45) is 1.67. The maximum Gasteiger partial charge on any atom is 0.289 e. The highest BCUT2D eigenvalue weighted by Gasteiger charge is 2.20. The van der Waals surface area contributed by atoms with Gasteiger partial charge in [0.15, 0.2) is 5.76 Å². The number of aromatic nitrogens is 1. The number of amides is 2. The van der Waals surface area contributed by atoms with Crippen LogP contribution in [0.2, 0.25) is 0 Å². The molecule has 10 heteroatoms. The molecule has 2 aromatic heterocycles. The number of hydrogen-bond acceptors (Lipinski definition) is 8. The van der Waals surface area contributed by atoms with Crippen LogP contribution in [-0.2, 0) is 9.22 Å². The zero-order valence-corrected chi connectivity index (χ0v) is 20.3. The van der Waals surface area contributed by atoms with Gasteiger partial charge in [-0.1, -0.05) is 6.07 Å². The average molecular weight is 494 g/mol. The molecule has 2 heterocycles. The quantitative estimate of drug-likeness (QED) is 0.196. The van der Waals surface area contributed by atoms with Gasteiger partial charge in [-0.15, -0.1) is 0 Å². The maximum absolute atomic E-state index is 13.0. The molecule has 2 aromatic carbocycles. The Balaban J connectivity index is 1.69. The molecule has 0 bridgehead atoms. The third kappa shape index (κ3) is 5.80. The fourth-order valence-corrected chi connectivity index (χ4v) is 3.54. The minimum absolute atomic E-state index is 0.135. The molecule has 0 radical (unpaired) electrons. The van der Waals surface area contributed by atoms with Crippen LogP contribution in [0.4, 0.5) is 5.82 Å². The molecular formula is C25H23N3O6S. The van der Waals surface area contributed by atoms with E-state index in [1.165, 1.54) is 12.0 Å². The zero-order valence-electron chi connectivity index (χ0n) is 19.5. The first kappa shape index (κ1) is 24.3. The summed E-state index contributed by atoms with van der Waals surface area (Å²) >= 11 is 1.06. The first-order chi connectivity index (χ1) is 16.8. The molecule has 0 saturated carbocycles. The summed E-state index contributed by atoms with van der Waals surface area (Å²) in [4.78, 5) is 36.5. The molecule has 0 saturated heterocycles. The first-order valence-electron chi connectivity index (χ1n) is 10.5. The molecule has 0 aliphatic rings. The van der Waals surface area contributed by atoms with Gasteiger partial charge in [-0.3, -0.25) is 9.59 Å². The third-order valence-electron chi connectivity index (χ3n) is 4.88. The Morgan fingerprint density at radius 2 is 1.83 bits per heavy atom. The van der Waals surface area contributed by atoms with Crippen molar-refractivity contribution in [1.29, 1.82) is 0 Å². The number of nitrogens with zero attached hydrogens (tertiary/aromatic N) is 2. The van der Waals surface area contributed by atoms with Crippen LogP contribution in [0.1, 0.15) is 26.5 Å². The van der Waals surface area contributed by atoms with Gasteiger partial charge in [0.1, 0.15) is 22.9 Å². The monoisotopic (exact) mass is 493 g/mol. The molecular weight excluding hydrogens is 470 g/mol. The number of hydrogen-bond donors (Lipinski definition) is 1. The van der Waals surface area contributed by atoms with Crippen molar-refractivity contribution in [2.24, 2.45) is 0 Å². The lowest BCUT2D eigenvalue weighted by Gasteiger charge is -2.10. The lowest BCUT2D eigenvalue weighted by molar-refractivity contribution is -0.160. The second kappa shape index (κ2) is 10.6. The van der Waals surface area contributed by atoms with E-state index < -0.39 is 5.91 Å². The van der Waals surface area contributed by atoms with Gasteiger partial charge in [-0.05, 0) is 55.0 Å². The van der Waals surface area contributed by atoms with Gasteiger partial charge in [-0.2, -0.15) is 4.33 Å². The van der Waals surface area contributed by atoms with E-state index in [-0.39, 0.29) is 17.2 Å². The number of nitrogens with one attached hydrogen (secondary N) is 1. The number of ether oxygens (including phenoxy) is 1. The largest absolute Gasteiger partial charge is 0.457 e. The van der Waals surface area contributed by atoms with E-state index in [0.717, 1.165) is 22.5 Å². The van der Waals surface area contributed by atoms with Crippen LogP contribution in [0.25, 0.3) is 11.0 Å². The number of aryl methyl sites for hydroxylation is 1. The van der Waals surface area contributed by atoms with Crippen LogP contribution < -0.4 is 10.1 Å². The normalized spacial score (nSPS) is 10.9. The van der Waals surface area contributed by atoms with E-state index >= 15 is 0 Å². The Morgan fingerprint density at radius 3 is 2.49 bits per heavy atom. The summed E-state index contributed by atoms with van der Waals surface area (Å²) in [5, 5.41) is 3.32. The Labute approximate surface area is 206 Å². The molecule has 1 N–H and O–H groups in total. The molecule has 180 valence electrons. The van der Waals surface area contributed by atoms with E-state index in [4.69, 9.17) is 13.5 Å². The summed E-state index contributed by atoms with van der Waals surface area (Å²) in [6.45, 7) is 1.91. The van der Waals surface area contributed by atoms with Crippen LogP contribution in [0.15, 0.2) is 70.1 Å². The van der Waals surface area contributed by atoms with Crippen molar-refractivity contribution < 1.29 is 28.0 Å². The van der Waals surface area contributed by atoms with Crippen molar-refractivity contribution in [1.82, 2.24) is 9.88 Å². The predicted molar refractivity (Wildman–Crippen MR) is 132 cm³/mol. The van der Waals surface area contributed by atoms with Gasteiger partial charge in [-0.25, -0.2) is 9.87 Å². The second-order valence-electron chi connectivity index (χ2n) is 7.76. The van der Waals surface area contributed by atoms with Gasteiger partial charge in [0.05, 0.1) is 24.5 Å². The summed E-state index contributed by atoms with van der Waals surface area (Å²) in [6, 6.07) is 15.4. The van der Waals surface area contributed by atoms with Crippen molar-refractivity contribution in [3.63, 3.8) is 0 Å². The third-order valence-corrected chi connectivity index (χ3v) is 5.55. The lowest BCUT2D eigenvalue weighted by Crippen LogP contribution is -2.20. The minimum atomic E-state index is -0.395. The minimum Gasteiger partial charge on any atom is -0.457 e. The highest BCUT2D eigenvalue weighted by Crippen LogP contribution is 2.35. The van der Waals surface area contributed by atoms with Crippen molar-refractivity contribution in [3.8, 4) is 11.5 Å². The highest BCUT2D eigenvalue weighted by molar-refractivity contribution is 7.94. The van der Waals surface area contributed by atoms with E-state index in [9.17, 15) is 9.59 Å². The zero-order chi connectivity index (χ0) is 24.9. The second-order valence-corrected chi connectivity index (χ2v) is 8.54. The Morgan fingerprint density at radius 1 is 1.06 bits per heavy atom. The number of pyridine rings is 1. The number of carbonyl (C=O) groups excluding carboxylic acids is 2. The average Bonchev–Trinajstić information content (AvgIpc) is 3.29. The van der Waals surface area contributed by atoms with Crippen molar-refractivity contribution in [2.45, 2.75) is 11.8 Å². The molecule has 0 aliphatic carbocycles. The summed E-state index contributed by atoms with van der Waals surface area (Å²) < 4.78 is 16.7. The Hall–Kier alpha value is -3.86. The molecule has 0 spiro atoms. The van der Waals surface area contributed by atoms with Crippen molar-refractivity contribution in [2.75, 3.05) is 26.5 Å². The first-order valence-corrected chi connectivity index (χ1v) is 11.3. The van der Waals surface area contributed by atoms with E-state index in [1.54, 1.807) is 68.8 Å². The number of furan rings is 1. The van der Waals surface area contributed by atoms with Crippen molar-refractivity contribution >= 4 is 40.6 Å². The van der Waals surface area contributed by atoms with E-state index in [0.29, 0.717) is 28.3 Å². The number of fused-ring (bicyclic) bond motifs is 1. The van der Waals surface area contributed by atoms with Gasteiger partial charge in [0.2, 0.25) is 0 Å². The van der Waals surface area contributed by atoms with Crippen molar-refractivity contribution in [3.05, 3.63) is 77.7 Å². The standard InChI is InChI=1S/C25H23N3O6S/c1-15-5-10-23(26-14-15)27-24(29)16-11-20(32-17-6-8-18(9-7-17)35-34-31-4)19-13-22(25(30)28(2)3)33-21(19)12-16/h5-14H,1-4H3,(H,26,27,29). The summed E-state index contributed by atoms with van der Waals surface area (Å²) in [5.41, 5.74) is 1.61. The van der Waals surface area contributed by atoms with Crippen LogP contribution in [0, 0.1) is 6.92 Å². The Bertz CT molecular complexity index is 1350. The number of anilines is 1. The van der Waals surface area contributed by atoms with Crippen LogP contribution >= 0.6 is 12.0 Å². The highest BCUT2D eigenvalue weighted by atomic mass is 32.2.